The van der Waals surface area contributed by atoms with E-state index in [0.717, 1.165) is 0 Å². The van der Waals surface area contributed by atoms with Crippen molar-refractivity contribution in [3.63, 3.8) is 0 Å². The van der Waals surface area contributed by atoms with Crippen LogP contribution in [-0.4, -0.2) is 15.0 Å². The summed E-state index contributed by atoms with van der Waals surface area (Å²) < 4.78 is 2.87. The molecule has 0 aliphatic rings. The van der Waals surface area contributed by atoms with Crippen molar-refractivity contribution >= 4 is 19.4 Å². The average molecular weight is 253 g/mol. The molecule has 0 fully saturated rings. The van der Waals surface area contributed by atoms with Crippen LogP contribution in [-0.2, 0) is 0 Å². The molecule has 0 saturated heterocycles. The first-order chi connectivity index (χ1) is 6.83. The van der Waals surface area contributed by atoms with Gasteiger partial charge < -0.3 is 0 Å². The van der Waals surface area contributed by atoms with Gasteiger partial charge >= 0.3 is 93.4 Å². The maximum absolute atomic E-state index is 4.15. The summed E-state index contributed by atoms with van der Waals surface area (Å²) in [5.41, 5.74) is 0. The summed E-state index contributed by atoms with van der Waals surface area (Å²) in [5.74, 6) is 0. The van der Waals surface area contributed by atoms with Gasteiger partial charge in [0.05, 0.1) is 0 Å². The Bertz CT molecular complexity index is 264. The second-order valence-electron chi connectivity index (χ2n) is 3.41. The molecule has 0 aliphatic carbocycles. The zero-order valence-electron chi connectivity index (χ0n) is 8.83. The van der Waals surface area contributed by atoms with Gasteiger partial charge in [-0.1, -0.05) is 0 Å². The molecule has 76 valence electrons. The van der Waals surface area contributed by atoms with Crippen molar-refractivity contribution in [1.82, 2.24) is 0 Å². The first kappa shape index (κ1) is 11.6. The van der Waals surface area contributed by atoms with E-state index in [4.69, 9.17) is 0 Å². The van der Waals surface area contributed by atoms with Crippen molar-refractivity contribution < 1.29 is 0 Å². The van der Waals surface area contributed by atoms with Crippen molar-refractivity contribution in [1.29, 1.82) is 0 Å². The molecule has 0 spiro atoms. The van der Waals surface area contributed by atoms with E-state index in [1.165, 1.54) is 34.6 Å². The second-order valence-corrected chi connectivity index (χ2v) is 6.04. The molecule has 0 aliphatic heterocycles. The minimum absolute atomic E-state index is 0.481. The number of rotatable bonds is 6. The standard InChI is InChI=1S/C13H18Se/c1-3-4-6-9-12(2)14-13-10-7-5-8-11-13/h5,7-8,10-11H,2-4,6,9H2,1H3. The van der Waals surface area contributed by atoms with Gasteiger partial charge in [-0.2, -0.15) is 0 Å². The molecule has 0 aromatic heterocycles. The summed E-state index contributed by atoms with van der Waals surface area (Å²) in [5, 5.41) is 0. The third-order valence-electron chi connectivity index (χ3n) is 2.06. The van der Waals surface area contributed by atoms with Crippen molar-refractivity contribution in [2.45, 2.75) is 32.6 Å². The normalized spacial score (nSPS) is 10.1. The molecule has 1 aromatic rings. The Morgan fingerprint density at radius 2 is 1.93 bits per heavy atom. The van der Waals surface area contributed by atoms with Gasteiger partial charge in [0.1, 0.15) is 0 Å². The van der Waals surface area contributed by atoms with Gasteiger partial charge in [-0.05, 0) is 0 Å². The van der Waals surface area contributed by atoms with Crippen LogP contribution in [0.4, 0.5) is 0 Å². The molecule has 0 nitrogen and oxygen atoms in total. The van der Waals surface area contributed by atoms with E-state index in [2.05, 4.69) is 43.8 Å². The summed E-state index contributed by atoms with van der Waals surface area (Å²) in [7, 11) is 0. The Balaban J connectivity index is 2.27. The maximum atomic E-state index is 4.15. The van der Waals surface area contributed by atoms with Gasteiger partial charge in [0.15, 0.2) is 0 Å². The first-order valence-electron chi connectivity index (χ1n) is 5.23. The van der Waals surface area contributed by atoms with Gasteiger partial charge in [0.25, 0.3) is 0 Å². The van der Waals surface area contributed by atoms with E-state index in [0.29, 0.717) is 15.0 Å². The number of unbranched alkanes of at least 4 members (excludes halogenated alkanes) is 2. The number of benzene rings is 1. The molecule has 0 amide bonds. The molecule has 0 saturated carbocycles. The summed E-state index contributed by atoms with van der Waals surface area (Å²) in [6.45, 7) is 6.39. The van der Waals surface area contributed by atoms with E-state index in [-0.39, 0.29) is 0 Å². The molecule has 1 aromatic carbocycles. The monoisotopic (exact) mass is 254 g/mol. The van der Waals surface area contributed by atoms with E-state index in [9.17, 15) is 0 Å². The third kappa shape index (κ3) is 4.64. The van der Waals surface area contributed by atoms with Crippen molar-refractivity contribution in [2.75, 3.05) is 0 Å². The predicted molar refractivity (Wildman–Crippen MR) is 65.1 cm³/mol. The van der Waals surface area contributed by atoms with Gasteiger partial charge in [-0.15, -0.1) is 0 Å². The van der Waals surface area contributed by atoms with E-state index in [1.807, 2.05) is 0 Å². The molecule has 0 bridgehead atoms. The third-order valence-corrected chi connectivity index (χ3v) is 4.16. The van der Waals surface area contributed by atoms with Gasteiger partial charge in [0.2, 0.25) is 0 Å². The molecule has 1 rings (SSSR count). The second kappa shape index (κ2) is 6.86. The molecule has 0 N–H and O–H groups in total. The summed E-state index contributed by atoms with van der Waals surface area (Å²) in [6, 6.07) is 10.7. The molecular weight excluding hydrogens is 235 g/mol. The van der Waals surface area contributed by atoms with Crippen molar-refractivity contribution in [2.24, 2.45) is 0 Å². The molecule has 14 heavy (non-hydrogen) atoms. The van der Waals surface area contributed by atoms with Gasteiger partial charge in [-0.3, -0.25) is 0 Å². The molecule has 0 heterocycles. The van der Waals surface area contributed by atoms with Crippen LogP contribution >= 0.6 is 0 Å². The zero-order valence-corrected chi connectivity index (χ0v) is 10.5. The predicted octanol–water partition coefficient (Wildman–Crippen LogP) is 3.11. The SMILES string of the molecule is C=C(CCCCC)[Se]c1ccccc1. The van der Waals surface area contributed by atoms with Crippen molar-refractivity contribution in [3.8, 4) is 0 Å². The Hall–Kier alpha value is -0.521. The van der Waals surface area contributed by atoms with Crippen LogP contribution in [0.25, 0.3) is 0 Å². The quantitative estimate of drug-likeness (QED) is 0.540. The van der Waals surface area contributed by atoms with Gasteiger partial charge in [0, 0.05) is 0 Å². The molecular formula is C13H18Se. The summed E-state index contributed by atoms with van der Waals surface area (Å²) >= 11 is 0.481. The number of allylic oxidation sites excluding steroid dienone is 1. The molecule has 0 atom stereocenters. The Morgan fingerprint density at radius 1 is 1.21 bits per heavy atom. The van der Waals surface area contributed by atoms with E-state index < -0.39 is 0 Å². The van der Waals surface area contributed by atoms with E-state index in [1.54, 1.807) is 0 Å². The number of hydrogen-bond donors (Lipinski definition) is 0. The minimum atomic E-state index is 0.481. The molecule has 0 radical (unpaired) electrons. The van der Waals surface area contributed by atoms with Crippen molar-refractivity contribution in [3.05, 3.63) is 41.4 Å². The Labute approximate surface area is 93.6 Å². The fourth-order valence-corrected chi connectivity index (χ4v) is 3.11. The first-order valence-corrected chi connectivity index (χ1v) is 6.95. The van der Waals surface area contributed by atoms with Crippen LogP contribution in [0.5, 0.6) is 0 Å². The van der Waals surface area contributed by atoms with Crippen LogP contribution in [0.1, 0.15) is 32.6 Å². The summed E-state index contributed by atoms with van der Waals surface area (Å²) in [6.07, 6.45) is 5.15. The van der Waals surface area contributed by atoms with Crippen LogP contribution in [0.2, 0.25) is 0 Å². The van der Waals surface area contributed by atoms with Crippen LogP contribution in [0.3, 0.4) is 0 Å². The van der Waals surface area contributed by atoms with Crippen LogP contribution in [0, 0.1) is 0 Å². The van der Waals surface area contributed by atoms with Gasteiger partial charge in [-0.25, -0.2) is 0 Å². The van der Waals surface area contributed by atoms with Crippen LogP contribution < -0.4 is 4.46 Å². The molecule has 0 unspecified atom stereocenters. The topological polar surface area (TPSA) is 0 Å². The fraction of sp³-hybridized carbons (Fsp3) is 0.385. The zero-order chi connectivity index (χ0) is 10.2. The van der Waals surface area contributed by atoms with E-state index >= 15 is 0 Å². The Morgan fingerprint density at radius 3 is 2.57 bits per heavy atom. The number of hydrogen-bond acceptors (Lipinski definition) is 0. The fourth-order valence-electron chi connectivity index (χ4n) is 1.28. The molecule has 1 heteroatoms. The van der Waals surface area contributed by atoms with Crippen LogP contribution in [0.15, 0.2) is 41.4 Å². The summed E-state index contributed by atoms with van der Waals surface area (Å²) in [4.78, 5) is 0. The average Bonchev–Trinajstić information content (AvgIpc) is 2.20. The Kier molecular flexibility index (Phi) is 5.66.